The monoisotopic (exact) mass is 396 g/mol. The Kier molecular flexibility index (Phi) is 5.10. The Morgan fingerprint density at radius 3 is 2.52 bits per heavy atom. The number of hydrogen-bond donors (Lipinski definition) is 1. The van der Waals surface area contributed by atoms with Crippen molar-refractivity contribution in [3.05, 3.63) is 35.4 Å². The van der Waals surface area contributed by atoms with Crippen LogP contribution >= 0.6 is 0 Å². The van der Waals surface area contributed by atoms with Gasteiger partial charge in [-0.3, -0.25) is 9.59 Å². The van der Waals surface area contributed by atoms with Crippen molar-refractivity contribution >= 4 is 11.8 Å². The molecule has 2 aliphatic carbocycles. The lowest BCUT2D eigenvalue weighted by molar-refractivity contribution is -0.140. The van der Waals surface area contributed by atoms with Gasteiger partial charge >= 0.3 is 0 Å². The minimum atomic E-state index is 0.133. The molecular formula is C24H32N2O3. The SMILES string of the molecule is O=C(C[C@@H]1CC2(CCN(C(=O)C3CCOCC3)CC2)c2ccccc21)NC1CC1. The summed E-state index contributed by atoms with van der Waals surface area (Å²) in [6, 6.07) is 9.15. The highest BCUT2D eigenvalue weighted by atomic mass is 16.5. The minimum absolute atomic E-state index is 0.133. The zero-order valence-electron chi connectivity index (χ0n) is 17.2. The summed E-state index contributed by atoms with van der Waals surface area (Å²) in [5, 5.41) is 3.16. The number of rotatable bonds is 4. The van der Waals surface area contributed by atoms with E-state index < -0.39 is 0 Å². The number of amides is 2. The number of nitrogens with zero attached hydrogens (tertiary/aromatic N) is 1. The fourth-order valence-electron chi connectivity index (χ4n) is 5.78. The van der Waals surface area contributed by atoms with Crippen LogP contribution < -0.4 is 5.32 Å². The molecule has 5 rings (SSSR count). The maximum Gasteiger partial charge on any atom is 0.225 e. The van der Waals surface area contributed by atoms with Crippen molar-refractivity contribution in [2.45, 2.75) is 68.7 Å². The van der Waals surface area contributed by atoms with Gasteiger partial charge in [0.25, 0.3) is 0 Å². The third-order valence-corrected chi connectivity index (χ3v) is 7.59. The number of ether oxygens (including phenoxy) is 1. The molecule has 0 radical (unpaired) electrons. The molecule has 5 nitrogen and oxygen atoms in total. The highest BCUT2D eigenvalue weighted by Crippen LogP contribution is 2.52. The van der Waals surface area contributed by atoms with E-state index in [-0.39, 0.29) is 17.2 Å². The van der Waals surface area contributed by atoms with E-state index in [1.54, 1.807) is 0 Å². The van der Waals surface area contributed by atoms with Crippen LogP contribution in [0.2, 0.25) is 0 Å². The van der Waals surface area contributed by atoms with Gasteiger partial charge in [0, 0.05) is 44.7 Å². The average Bonchev–Trinajstić information content (AvgIpc) is 3.53. The molecule has 1 aromatic carbocycles. The van der Waals surface area contributed by atoms with Gasteiger partial charge in [0.1, 0.15) is 0 Å². The van der Waals surface area contributed by atoms with Gasteiger partial charge in [-0.25, -0.2) is 0 Å². The second-order valence-corrected chi connectivity index (χ2v) is 9.53. The molecule has 2 aliphatic heterocycles. The number of piperidine rings is 1. The Balaban J connectivity index is 1.27. The van der Waals surface area contributed by atoms with Gasteiger partial charge in [-0.1, -0.05) is 24.3 Å². The van der Waals surface area contributed by atoms with Crippen molar-refractivity contribution in [2.24, 2.45) is 5.92 Å². The van der Waals surface area contributed by atoms with Crippen LogP contribution in [0.1, 0.15) is 68.4 Å². The van der Waals surface area contributed by atoms with Crippen molar-refractivity contribution in [2.75, 3.05) is 26.3 Å². The van der Waals surface area contributed by atoms with E-state index in [1.807, 2.05) is 0 Å². The van der Waals surface area contributed by atoms with Gasteiger partial charge < -0.3 is 15.0 Å². The number of fused-ring (bicyclic) bond motifs is 2. The first kappa shape index (κ1) is 19.1. The van der Waals surface area contributed by atoms with E-state index in [1.165, 1.54) is 11.1 Å². The summed E-state index contributed by atoms with van der Waals surface area (Å²) in [5.41, 5.74) is 2.93. The van der Waals surface area contributed by atoms with Gasteiger partial charge in [0.15, 0.2) is 0 Å². The Morgan fingerprint density at radius 2 is 1.79 bits per heavy atom. The third-order valence-electron chi connectivity index (χ3n) is 7.59. The molecule has 1 spiro atoms. The first-order valence-electron chi connectivity index (χ1n) is 11.4. The fraction of sp³-hybridized carbons (Fsp3) is 0.667. The van der Waals surface area contributed by atoms with Crippen LogP contribution in [0.15, 0.2) is 24.3 Å². The number of hydrogen-bond acceptors (Lipinski definition) is 3. The van der Waals surface area contributed by atoms with Gasteiger partial charge in [-0.15, -0.1) is 0 Å². The van der Waals surface area contributed by atoms with Crippen LogP contribution in [0, 0.1) is 5.92 Å². The molecule has 1 N–H and O–H groups in total. The minimum Gasteiger partial charge on any atom is -0.381 e. The van der Waals surface area contributed by atoms with Crippen LogP contribution in [-0.4, -0.2) is 49.1 Å². The molecule has 29 heavy (non-hydrogen) atoms. The fourth-order valence-corrected chi connectivity index (χ4v) is 5.78. The standard InChI is InChI=1S/C24H32N2O3/c27-22(25-19-5-6-19)15-18-16-24(21-4-2-1-3-20(18)21)9-11-26(12-10-24)23(28)17-7-13-29-14-8-17/h1-4,17-19H,5-16H2,(H,25,27)/t18-/m1/s1. The van der Waals surface area contributed by atoms with E-state index in [0.29, 0.717) is 37.5 Å². The number of likely N-dealkylation sites (tertiary alicyclic amines) is 1. The molecule has 0 unspecified atom stereocenters. The van der Waals surface area contributed by atoms with Crippen LogP contribution in [0.3, 0.4) is 0 Å². The third kappa shape index (κ3) is 3.81. The molecule has 3 fully saturated rings. The number of benzene rings is 1. The van der Waals surface area contributed by atoms with E-state index in [4.69, 9.17) is 4.74 Å². The van der Waals surface area contributed by atoms with E-state index in [2.05, 4.69) is 34.5 Å². The molecule has 0 aromatic heterocycles. The van der Waals surface area contributed by atoms with Crippen molar-refractivity contribution < 1.29 is 14.3 Å². The van der Waals surface area contributed by atoms with Gasteiger partial charge in [0.2, 0.25) is 11.8 Å². The summed E-state index contributed by atoms with van der Waals surface area (Å²) in [7, 11) is 0. The first-order chi connectivity index (χ1) is 14.1. The predicted molar refractivity (Wildman–Crippen MR) is 111 cm³/mol. The zero-order chi connectivity index (χ0) is 19.8. The van der Waals surface area contributed by atoms with Crippen LogP contribution in [-0.2, 0) is 19.7 Å². The van der Waals surface area contributed by atoms with Crippen LogP contribution in [0.25, 0.3) is 0 Å². The molecule has 1 saturated carbocycles. The summed E-state index contributed by atoms with van der Waals surface area (Å²) < 4.78 is 5.42. The average molecular weight is 397 g/mol. The maximum atomic E-state index is 12.9. The topological polar surface area (TPSA) is 58.6 Å². The second kappa shape index (κ2) is 7.75. The second-order valence-electron chi connectivity index (χ2n) is 9.53. The van der Waals surface area contributed by atoms with E-state index in [0.717, 1.165) is 58.0 Å². The molecule has 0 bridgehead atoms. The Bertz CT molecular complexity index is 774. The van der Waals surface area contributed by atoms with Crippen molar-refractivity contribution in [3.63, 3.8) is 0 Å². The summed E-state index contributed by atoms with van der Waals surface area (Å²) >= 11 is 0. The summed E-state index contributed by atoms with van der Waals surface area (Å²) in [6.07, 6.45) is 7.66. The highest BCUT2D eigenvalue weighted by molar-refractivity contribution is 5.79. The van der Waals surface area contributed by atoms with E-state index >= 15 is 0 Å². The molecule has 2 saturated heterocycles. The Morgan fingerprint density at radius 1 is 1.07 bits per heavy atom. The van der Waals surface area contributed by atoms with Gasteiger partial charge in [-0.2, -0.15) is 0 Å². The normalized spacial score (nSPS) is 26.3. The van der Waals surface area contributed by atoms with Crippen LogP contribution in [0.5, 0.6) is 0 Å². The van der Waals surface area contributed by atoms with Gasteiger partial charge in [0.05, 0.1) is 0 Å². The molecule has 2 amide bonds. The lowest BCUT2D eigenvalue weighted by Crippen LogP contribution is -2.47. The van der Waals surface area contributed by atoms with Crippen molar-refractivity contribution in [1.29, 1.82) is 0 Å². The molecule has 1 aromatic rings. The number of carbonyl (C=O) groups is 2. The van der Waals surface area contributed by atoms with Crippen molar-refractivity contribution in [1.82, 2.24) is 10.2 Å². The lowest BCUT2D eigenvalue weighted by atomic mass is 9.73. The van der Waals surface area contributed by atoms with Crippen LogP contribution in [0.4, 0.5) is 0 Å². The molecule has 1 atom stereocenters. The Hall–Kier alpha value is -1.88. The first-order valence-corrected chi connectivity index (χ1v) is 11.4. The maximum absolute atomic E-state index is 12.9. The zero-order valence-corrected chi connectivity index (χ0v) is 17.2. The molecular weight excluding hydrogens is 364 g/mol. The molecule has 4 aliphatic rings. The number of carbonyl (C=O) groups excluding carboxylic acids is 2. The van der Waals surface area contributed by atoms with Crippen molar-refractivity contribution in [3.8, 4) is 0 Å². The summed E-state index contributed by atoms with van der Waals surface area (Å²) in [5.74, 6) is 0.988. The summed E-state index contributed by atoms with van der Waals surface area (Å²) in [6.45, 7) is 3.11. The quantitative estimate of drug-likeness (QED) is 0.851. The predicted octanol–water partition coefficient (Wildman–Crippen LogP) is 3.13. The Labute approximate surface area is 173 Å². The largest absolute Gasteiger partial charge is 0.381 e. The summed E-state index contributed by atoms with van der Waals surface area (Å²) in [4.78, 5) is 27.5. The lowest BCUT2D eigenvalue weighted by Gasteiger charge is -2.41. The number of nitrogens with one attached hydrogen (secondary N) is 1. The molecule has 156 valence electrons. The van der Waals surface area contributed by atoms with E-state index in [9.17, 15) is 9.59 Å². The molecule has 5 heteroatoms. The smallest absolute Gasteiger partial charge is 0.225 e. The van der Waals surface area contributed by atoms with Gasteiger partial charge in [-0.05, 0) is 67.4 Å². The highest BCUT2D eigenvalue weighted by Gasteiger charge is 2.46. The molecule has 2 heterocycles.